The number of amides is 1. The highest BCUT2D eigenvalue weighted by molar-refractivity contribution is 5.95. The van der Waals surface area contributed by atoms with Gasteiger partial charge in [0.25, 0.3) is 5.69 Å². The van der Waals surface area contributed by atoms with Gasteiger partial charge >= 0.3 is 0 Å². The molecule has 0 aliphatic carbocycles. The van der Waals surface area contributed by atoms with E-state index in [0.717, 1.165) is 16.3 Å². The molecule has 1 heterocycles. The molecular weight excluding hydrogens is 409 g/mol. The standard InChI is InChI=1S/C25H24FN3O3/c1-18-16-27(17-19-6-9-23(26)10-7-19)12-13-28(18)25(30)11-8-22-14-20-4-2-3-5-21(20)15-24(22)29(31)32/h2-11,14-15,18H,12-13,16-17H2,1H3. The zero-order chi connectivity index (χ0) is 22.7. The minimum Gasteiger partial charge on any atom is -0.334 e. The summed E-state index contributed by atoms with van der Waals surface area (Å²) in [5.41, 5.74) is 1.41. The molecule has 164 valence electrons. The van der Waals surface area contributed by atoms with E-state index in [1.165, 1.54) is 30.4 Å². The van der Waals surface area contributed by atoms with Crippen molar-refractivity contribution in [3.8, 4) is 0 Å². The van der Waals surface area contributed by atoms with Crippen molar-refractivity contribution in [3.05, 3.63) is 93.8 Å². The molecule has 1 aliphatic heterocycles. The average Bonchev–Trinajstić information content (AvgIpc) is 2.78. The topological polar surface area (TPSA) is 66.7 Å². The predicted octanol–water partition coefficient (Wildman–Crippen LogP) is 4.63. The van der Waals surface area contributed by atoms with Gasteiger partial charge in [0, 0.05) is 44.4 Å². The maximum Gasteiger partial charge on any atom is 0.277 e. The molecule has 6 nitrogen and oxygen atoms in total. The van der Waals surface area contributed by atoms with Crippen molar-refractivity contribution in [1.29, 1.82) is 0 Å². The third-order valence-electron chi connectivity index (χ3n) is 5.81. The molecular formula is C25H24FN3O3. The normalized spacial score (nSPS) is 17.2. The summed E-state index contributed by atoms with van der Waals surface area (Å²) in [6.45, 7) is 4.66. The van der Waals surface area contributed by atoms with Crippen LogP contribution in [-0.4, -0.2) is 46.3 Å². The summed E-state index contributed by atoms with van der Waals surface area (Å²) in [5, 5.41) is 13.2. The van der Waals surface area contributed by atoms with Crippen LogP contribution in [0.5, 0.6) is 0 Å². The fraction of sp³-hybridized carbons (Fsp3) is 0.240. The molecule has 0 spiro atoms. The van der Waals surface area contributed by atoms with Gasteiger partial charge in [-0.15, -0.1) is 0 Å². The third kappa shape index (κ3) is 4.84. The third-order valence-corrected chi connectivity index (χ3v) is 5.81. The van der Waals surface area contributed by atoms with Crippen molar-refractivity contribution in [2.45, 2.75) is 19.5 Å². The first-order chi connectivity index (χ1) is 15.4. The van der Waals surface area contributed by atoms with Crippen LogP contribution in [0.25, 0.3) is 16.8 Å². The van der Waals surface area contributed by atoms with Crippen LogP contribution in [0, 0.1) is 15.9 Å². The Morgan fingerprint density at radius 2 is 1.81 bits per heavy atom. The first-order valence-corrected chi connectivity index (χ1v) is 10.5. The van der Waals surface area contributed by atoms with Crippen molar-refractivity contribution in [2.75, 3.05) is 19.6 Å². The Bertz CT molecular complexity index is 1180. The van der Waals surface area contributed by atoms with Crippen LogP contribution in [0.4, 0.5) is 10.1 Å². The van der Waals surface area contributed by atoms with Crippen LogP contribution in [-0.2, 0) is 11.3 Å². The van der Waals surface area contributed by atoms with Crippen LogP contribution >= 0.6 is 0 Å². The molecule has 1 aliphatic rings. The monoisotopic (exact) mass is 433 g/mol. The lowest BCUT2D eigenvalue weighted by Gasteiger charge is -2.39. The van der Waals surface area contributed by atoms with Crippen LogP contribution in [0.1, 0.15) is 18.1 Å². The molecule has 1 atom stereocenters. The van der Waals surface area contributed by atoms with E-state index in [2.05, 4.69) is 4.90 Å². The van der Waals surface area contributed by atoms with E-state index in [1.807, 2.05) is 31.2 Å². The molecule has 1 amide bonds. The molecule has 7 heteroatoms. The van der Waals surface area contributed by atoms with Crippen molar-refractivity contribution in [2.24, 2.45) is 0 Å². The summed E-state index contributed by atoms with van der Waals surface area (Å²) in [6, 6.07) is 17.2. The summed E-state index contributed by atoms with van der Waals surface area (Å²) in [7, 11) is 0. The Morgan fingerprint density at radius 1 is 1.12 bits per heavy atom. The predicted molar refractivity (Wildman–Crippen MR) is 122 cm³/mol. The van der Waals surface area contributed by atoms with Gasteiger partial charge in [-0.2, -0.15) is 0 Å². The molecule has 1 fully saturated rings. The van der Waals surface area contributed by atoms with Gasteiger partial charge in [0.15, 0.2) is 0 Å². The number of nitro benzene ring substituents is 1. The fourth-order valence-electron chi connectivity index (χ4n) is 4.15. The number of hydrogen-bond acceptors (Lipinski definition) is 4. The number of fused-ring (bicyclic) bond motifs is 1. The molecule has 32 heavy (non-hydrogen) atoms. The summed E-state index contributed by atoms with van der Waals surface area (Å²) >= 11 is 0. The molecule has 1 saturated heterocycles. The van der Waals surface area contributed by atoms with Crippen LogP contribution in [0.15, 0.2) is 66.7 Å². The molecule has 1 unspecified atom stereocenters. The number of rotatable bonds is 5. The number of benzene rings is 3. The lowest BCUT2D eigenvalue weighted by molar-refractivity contribution is -0.384. The first-order valence-electron chi connectivity index (χ1n) is 10.5. The van der Waals surface area contributed by atoms with Crippen LogP contribution < -0.4 is 0 Å². The van der Waals surface area contributed by atoms with Gasteiger partial charge in [0.05, 0.1) is 10.5 Å². The van der Waals surface area contributed by atoms with Crippen molar-refractivity contribution in [3.63, 3.8) is 0 Å². The van der Waals surface area contributed by atoms with E-state index in [9.17, 15) is 19.3 Å². The van der Waals surface area contributed by atoms with E-state index in [1.54, 1.807) is 23.1 Å². The molecule has 3 aromatic rings. The summed E-state index contributed by atoms with van der Waals surface area (Å²) < 4.78 is 13.1. The Morgan fingerprint density at radius 3 is 2.47 bits per heavy atom. The summed E-state index contributed by atoms with van der Waals surface area (Å²) in [4.78, 5) is 28.0. The molecule has 0 bridgehead atoms. The molecule has 0 saturated carbocycles. The number of nitro groups is 1. The number of nitrogens with zero attached hydrogens (tertiary/aromatic N) is 3. The maximum atomic E-state index is 13.1. The fourth-order valence-corrected chi connectivity index (χ4v) is 4.15. The van der Waals surface area contributed by atoms with Crippen molar-refractivity contribution < 1.29 is 14.1 Å². The Hall–Kier alpha value is -3.58. The van der Waals surface area contributed by atoms with Gasteiger partial charge in [-0.25, -0.2) is 4.39 Å². The quantitative estimate of drug-likeness (QED) is 0.334. The minimum absolute atomic E-state index is 0.00654. The Kier molecular flexibility index (Phi) is 6.28. The summed E-state index contributed by atoms with van der Waals surface area (Å²) in [5.74, 6) is -0.419. The smallest absolute Gasteiger partial charge is 0.277 e. The van der Waals surface area contributed by atoms with E-state index < -0.39 is 4.92 Å². The Labute approximate surface area is 185 Å². The van der Waals surface area contributed by atoms with E-state index in [0.29, 0.717) is 31.7 Å². The number of hydrogen-bond donors (Lipinski definition) is 0. The first kappa shape index (κ1) is 21.6. The zero-order valence-corrected chi connectivity index (χ0v) is 17.8. The summed E-state index contributed by atoms with van der Waals surface area (Å²) in [6.07, 6.45) is 2.95. The van der Waals surface area contributed by atoms with Gasteiger partial charge in [-0.05, 0) is 47.5 Å². The lowest BCUT2D eigenvalue weighted by atomic mass is 10.0. The van der Waals surface area contributed by atoms with Gasteiger partial charge in [0.1, 0.15) is 5.82 Å². The molecule has 0 radical (unpaired) electrons. The van der Waals surface area contributed by atoms with Crippen molar-refractivity contribution >= 4 is 28.4 Å². The number of carbonyl (C=O) groups is 1. The highest BCUT2D eigenvalue weighted by Crippen LogP contribution is 2.27. The van der Waals surface area contributed by atoms with Crippen molar-refractivity contribution in [1.82, 2.24) is 9.80 Å². The Balaban J connectivity index is 1.44. The molecule has 0 aromatic heterocycles. The van der Waals surface area contributed by atoms with E-state index in [-0.39, 0.29) is 23.5 Å². The van der Waals surface area contributed by atoms with Crippen LogP contribution in [0.2, 0.25) is 0 Å². The largest absolute Gasteiger partial charge is 0.334 e. The lowest BCUT2D eigenvalue weighted by Crippen LogP contribution is -2.53. The SMILES string of the molecule is CC1CN(Cc2ccc(F)cc2)CCN1C(=O)C=Cc1cc2ccccc2cc1[N+](=O)[O-]. The van der Waals surface area contributed by atoms with Crippen LogP contribution in [0.3, 0.4) is 0 Å². The van der Waals surface area contributed by atoms with Gasteiger partial charge < -0.3 is 4.90 Å². The van der Waals surface area contributed by atoms with E-state index in [4.69, 9.17) is 0 Å². The maximum absolute atomic E-state index is 13.1. The van der Waals surface area contributed by atoms with Gasteiger partial charge in [0.2, 0.25) is 5.91 Å². The second kappa shape index (κ2) is 9.28. The zero-order valence-electron chi connectivity index (χ0n) is 17.8. The molecule has 3 aromatic carbocycles. The second-order valence-corrected chi connectivity index (χ2v) is 8.09. The van der Waals surface area contributed by atoms with E-state index >= 15 is 0 Å². The highest BCUT2D eigenvalue weighted by Gasteiger charge is 2.26. The number of halogens is 1. The highest BCUT2D eigenvalue weighted by atomic mass is 19.1. The molecule has 0 N–H and O–H groups in total. The number of piperazine rings is 1. The second-order valence-electron chi connectivity index (χ2n) is 8.09. The average molecular weight is 433 g/mol. The molecule has 4 rings (SSSR count). The van der Waals surface area contributed by atoms with Gasteiger partial charge in [-0.3, -0.25) is 19.8 Å². The minimum atomic E-state index is -0.423. The van der Waals surface area contributed by atoms with Gasteiger partial charge in [-0.1, -0.05) is 36.4 Å². The number of carbonyl (C=O) groups excluding carboxylic acids is 1.